The lowest BCUT2D eigenvalue weighted by molar-refractivity contribution is -0.132. The molecular weight excluding hydrogens is 308 g/mol. The third kappa shape index (κ3) is 4.25. The van der Waals surface area contributed by atoms with Gasteiger partial charge in [0.1, 0.15) is 0 Å². The van der Waals surface area contributed by atoms with E-state index < -0.39 is 0 Å². The van der Waals surface area contributed by atoms with Gasteiger partial charge < -0.3 is 10.2 Å². The average molecular weight is 332 g/mol. The highest BCUT2D eigenvalue weighted by atomic mass is 16.2. The number of hydrogen-bond donors (Lipinski definition) is 1. The van der Waals surface area contributed by atoms with Gasteiger partial charge in [-0.25, -0.2) is 0 Å². The third-order valence-corrected chi connectivity index (χ3v) is 4.54. The summed E-state index contributed by atoms with van der Waals surface area (Å²) < 4.78 is 0. The maximum Gasteiger partial charge on any atom is 0.240 e. The first kappa shape index (κ1) is 17.2. The zero-order valence-electron chi connectivity index (χ0n) is 14.8. The molecule has 0 aliphatic carbocycles. The van der Waals surface area contributed by atoms with Crippen LogP contribution < -0.4 is 5.32 Å². The lowest BCUT2D eigenvalue weighted by Gasteiger charge is -2.24. The van der Waals surface area contributed by atoms with Crippen molar-refractivity contribution in [1.29, 1.82) is 0 Å². The van der Waals surface area contributed by atoms with Gasteiger partial charge in [0, 0.05) is 13.6 Å². The van der Waals surface area contributed by atoms with Gasteiger partial charge >= 0.3 is 0 Å². The number of benzene rings is 3. The molecule has 3 aromatic rings. The Bertz CT molecular complexity index is 845. The molecule has 0 unspecified atom stereocenters. The predicted molar refractivity (Wildman–Crippen MR) is 103 cm³/mol. The molecule has 1 atom stereocenters. The maximum atomic E-state index is 12.8. The summed E-state index contributed by atoms with van der Waals surface area (Å²) in [7, 11) is 3.71. The van der Waals surface area contributed by atoms with Crippen molar-refractivity contribution in [1.82, 2.24) is 10.2 Å². The van der Waals surface area contributed by atoms with Crippen LogP contribution in [0.5, 0.6) is 0 Å². The van der Waals surface area contributed by atoms with Crippen LogP contribution in [-0.4, -0.2) is 30.9 Å². The molecule has 0 fully saturated rings. The Labute approximate surface area is 149 Å². The van der Waals surface area contributed by atoms with Gasteiger partial charge in [-0.3, -0.25) is 4.79 Å². The molecule has 0 saturated heterocycles. The SMILES string of the molecule is CN[C@@H](Cc1ccc2ccccc2c1)C(=O)N(C)Cc1ccccc1. The summed E-state index contributed by atoms with van der Waals surface area (Å²) in [4.78, 5) is 14.6. The second kappa shape index (κ2) is 7.95. The summed E-state index contributed by atoms with van der Waals surface area (Å²) in [6.07, 6.45) is 0.680. The molecule has 0 aliphatic heterocycles. The van der Waals surface area contributed by atoms with Crippen LogP contribution >= 0.6 is 0 Å². The fourth-order valence-corrected chi connectivity index (χ4v) is 3.12. The van der Waals surface area contributed by atoms with E-state index in [0.29, 0.717) is 13.0 Å². The second-order valence-corrected chi connectivity index (χ2v) is 6.41. The molecule has 3 heteroatoms. The predicted octanol–water partition coefficient (Wildman–Crippen LogP) is 3.63. The van der Waals surface area contributed by atoms with Crippen molar-refractivity contribution in [3.05, 3.63) is 83.9 Å². The molecule has 128 valence electrons. The molecule has 25 heavy (non-hydrogen) atoms. The Balaban J connectivity index is 1.70. The summed E-state index contributed by atoms with van der Waals surface area (Å²) in [5.74, 6) is 0.111. The number of carbonyl (C=O) groups excluding carboxylic acids is 1. The minimum absolute atomic E-state index is 0.111. The van der Waals surface area contributed by atoms with Crippen molar-refractivity contribution in [2.24, 2.45) is 0 Å². The highest BCUT2D eigenvalue weighted by Gasteiger charge is 2.21. The molecule has 0 bridgehead atoms. The van der Waals surface area contributed by atoms with Crippen LogP contribution in [-0.2, 0) is 17.8 Å². The van der Waals surface area contributed by atoms with Crippen molar-refractivity contribution < 1.29 is 4.79 Å². The number of hydrogen-bond acceptors (Lipinski definition) is 2. The van der Waals surface area contributed by atoms with Crippen LogP contribution in [0.15, 0.2) is 72.8 Å². The summed E-state index contributed by atoms with van der Waals surface area (Å²) >= 11 is 0. The maximum absolute atomic E-state index is 12.8. The van der Waals surface area contributed by atoms with E-state index in [1.165, 1.54) is 16.3 Å². The lowest BCUT2D eigenvalue weighted by atomic mass is 10.0. The molecule has 0 aliphatic rings. The summed E-state index contributed by atoms with van der Waals surface area (Å²) in [6, 6.07) is 24.5. The molecule has 0 aromatic heterocycles. The van der Waals surface area contributed by atoms with E-state index in [2.05, 4.69) is 35.6 Å². The minimum atomic E-state index is -0.227. The van der Waals surface area contributed by atoms with Gasteiger partial charge in [-0.1, -0.05) is 72.8 Å². The largest absolute Gasteiger partial charge is 0.340 e. The quantitative estimate of drug-likeness (QED) is 0.747. The number of carbonyl (C=O) groups is 1. The highest BCUT2D eigenvalue weighted by molar-refractivity contribution is 5.84. The van der Waals surface area contributed by atoms with E-state index in [1.807, 2.05) is 56.6 Å². The third-order valence-electron chi connectivity index (χ3n) is 4.54. The normalized spacial score (nSPS) is 12.1. The van der Waals surface area contributed by atoms with Gasteiger partial charge in [-0.2, -0.15) is 0 Å². The second-order valence-electron chi connectivity index (χ2n) is 6.41. The molecule has 0 spiro atoms. The number of amides is 1. The molecule has 3 aromatic carbocycles. The Hall–Kier alpha value is -2.65. The smallest absolute Gasteiger partial charge is 0.240 e. The molecule has 1 N–H and O–H groups in total. The Morgan fingerprint density at radius 1 is 0.920 bits per heavy atom. The van der Waals surface area contributed by atoms with E-state index in [1.54, 1.807) is 4.90 Å². The molecular formula is C22H24N2O. The number of nitrogens with zero attached hydrogens (tertiary/aromatic N) is 1. The Kier molecular flexibility index (Phi) is 5.46. The van der Waals surface area contributed by atoms with Gasteiger partial charge in [0.2, 0.25) is 5.91 Å². The van der Waals surface area contributed by atoms with Crippen LogP contribution in [0.25, 0.3) is 10.8 Å². The molecule has 0 saturated carbocycles. The Morgan fingerprint density at radius 3 is 2.32 bits per heavy atom. The first-order valence-corrected chi connectivity index (χ1v) is 8.61. The molecule has 3 rings (SSSR count). The number of likely N-dealkylation sites (N-methyl/N-ethyl adjacent to an activating group) is 2. The highest BCUT2D eigenvalue weighted by Crippen LogP contribution is 2.17. The van der Waals surface area contributed by atoms with Gasteiger partial charge in [-0.15, -0.1) is 0 Å². The fraction of sp³-hybridized carbons (Fsp3) is 0.227. The standard InChI is InChI=1S/C22H24N2O/c1-23-21(22(25)24(2)16-17-8-4-3-5-9-17)15-18-12-13-19-10-6-7-11-20(19)14-18/h3-14,21,23H,15-16H2,1-2H3/t21-/m0/s1. The molecule has 1 amide bonds. The number of nitrogens with one attached hydrogen (secondary N) is 1. The molecule has 3 nitrogen and oxygen atoms in total. The number of fused-ring (bicyclic) bond motifs is 1. The van der Waals surface area contributed by atoms with Crippen LogP contribution in [0.3, 0.4) is 0 Å². The van der Waals surface area contributed by atoms with Crippen molar-refractivity contribution in [3.63, 3.8) is 0 Å². The fourth-order valence-electron chi connectivity index (χ4n) is 3.12. The Morgan fingerprint density at radius 2 is 1.60 bits per heavy atom. The van der Waals surface area contributed by atoms with Gasteiger partial charge in [0.15, 0.2) is 0 Å². The van der Waals surface area contributed by atoms with E-state index in [9.17, 15) is 4.79 Å². The monoisotopic (exact) mass is 332 g/mol. The van der Waals surface area contributed by atoms with Crippen molar-refractivity contribution >= 4 is 16.7 Å². The minimum Gasteiger partial charge on any atom is -0.340 e. The topological polar surface area (TPSA) is 32.3 Å². The number of rotatable bonds is 6. The average Bonchev–Trinajstić information content (AvgIpc) is 2.66. The zero-order valence-corrected chi connectivity index (χ0v) is 14.8. The van der Waals surface area contributed by atoms with Crippen LogP contribution in [0, 0.1) is 0 Å². The van der Waals surface area contributed by atoms with Crippen molar-refractivity contribution in [2.45, 2.75) is 19.0 Å². The lowest BCUT2D eigenvalue weighted by Crippen LogP contribution is -2.44. The van der Waals surface area contributed by atoms with E-state index in [-0.39, 0.29) is 11.9 Å². The first-order valence-electron chi connectivity index (χ1n) is 8.61. The van der Waals surface area contributed by atoms with Gasteiger partial charge in [0.05, 0.1) is 6.04 Å². The molecule has 0 heterocycles. The summed E-state index contributed by atoms with van der Waals surface area (Å²) in [5, 5.41) is 5.60. The van der Waals surface area contributed by atoms with Gasteiger partial charge in [-0.05, 0) is 35.4 Å². The summed E-state index contributed by atoms with van der Waals surface area (Å²) in [6.45, 7) is 0.621. The van der Waals surface area contributed by atoms with E-state index in [4.69, 9.17) is 0 Å². The van der Waals surface area contributed by atoms with E-state index >= 15 is 0 Å². The molecule has 0 radical (unpaired) electrons. The van der Waals surface area contributed by atoms with Crippen LogP contribution in [0.2, 0.25) is 0 Å². The van der Waals surface area contributed by atoms with Crippen LogP contribution in [0.4, 0.5) is 0 Å². The summed E-state index contributed by atoms with van der Waals surface area (Å²) in [5.41, 5.74) is 2.30. The first-order chi connectivity index (χ1) is 12.2. The van der Waals surface area contributed by atoms with Gasteiger partial charge in [0.25, 0.3) is 0 Å². The van der Waals surface area contributed by atoms with Crippen molar-refractivity contribution in [3.8, 4) is 0 Å². The van der Waals surface area contributed by atoms with E-state index in [0.717, 1.165) is 5.56 Å². The van der Waals surface area contributed by atoms with Crippen LogP contribution in [0.1, 0.15) is 11.1 Å². The van der Waals surface area contributed by atoms with Crippen molar-refractivity contribution in [2.75, 3.05) is 14.1 Å². The zero-order chi connectivity index (χ0) is 17.6.